The fourth-order valence-electron chi connectivity index (χ4n) is 3.98. The van der Waals surface area contributed by atoms with Gasteiger partial charge >= 0.3 is 0 Å². The van der Waals surface area contributed by atoms with E-state index in [9.17, 15) is 18.5 Å². The van der Waals surface area contributed by atoms with Crippen molar-refractivity contribution in [3.63, 3.8) is 0 Å². The van der Waals surface area contributed by atoms with E-state index in [0.717, 1.165) is 17.7 Å². The first-order valence-electron chi connectivity index (χ1n) is 12.5. The van der Waals surface area contributed by atoms with Crippen molar-refractivity contribution in [2.24, 2.45) is 5.73 Å². The Balaban J connectivity index is 1.58. The van der Waals surface area contributed by atoms with E-state index in [4.69, 9.17) is 20.6 Å². The molecule has 0 aliphatic rings. The summed E-state index contributed by atoms with van der Waals surface area (Å²) >= 11 is 0. The zero-order valence-corrected chi connectivity index (χ0v) is 22.9. The number of benzene rings is 4. The van der Waals surface area contributed by atoms with E-state index in [1.807, 2.05) is 36.4 Å². The van der Waals surface area contributed by atoms with Crippen LogP contribution >= 0.6 is 0 Å². The average Bonchev–Trinajstić information content (AvgIpc) is 2.99. The smallest absolute Gasteiger partial charge is 0.269 e. The van der Waals surface area contributed by atoms with Gasteiger partial charge in [-0.25, -0.2) is 13.1 Å². The molecule has 0 amide bonds. The number of methoxy groups -OCH3 is 1. The maximum absolute atomic E-state index is 13.0. The molecule has 0 bridgehead atoms. The van der Waals surface area contributed by atoms with Crippen molar-refractivity contribution in [3.05, 3.63) is 124 Å². The van der Waals surface area contributed by atoms with Gasteiger partial charge in [0.2, 0.25) is 10.0 Å². The molecule has 0 aliphatic carbocycles. The first kappa shape index (κ1) is 29.1. The highest BCUT2D eigenvalue weighted by atomic mass is 32.2. The largest absolute Gasteiger partial charge is 0.493 e. The first-order chi connectivity index (χ1) is 19.7. The number of hydrogen-bond acceptors (Lipinski definition) is 8. The molecular weight excluding hydrogens is 546 g/mol. The van der Waals surface area contributed by atoms with Crippen LogP contribution in [0, 0.1) is 15.5 Å². The van der Waals surface area contributed by atoms with E-state index in [1.165, 1.54) is 19.2 Å². The van der Waals surface area contributed by atoms with Gasteiger partial charge in [0.1, 0.15) is 12.4 Å². The average molecular weight is 576 g/mol. The molecule has 0 heterocycles. The molecule has 0 radical (unpaired) electrons. The van der Waals surface area contributed by atoms with Crippen LogP contribution in [0.15, 0.2) is 102 Å². The highest BCUT2D eigenvalue weighted by Gasteiger charge is 2.21. The molecule has 0 aromatic heterocycles. The third-order valence-corrected chi connectivity index (χ3v) is 7.64. The van der Waals surface area contributed by atoms with Crippen molar-refractivity contribution < 1.29 is 22.8 Å². The molecule has 41 heavy (non-hydrogen) atoms. The number of anilines is 1. The van der Waals surface area contributed by atoms with Crippen molar-refractivity contribution in [1.29, 1.82) is 5.41 Å². The molecule has 1 unspecified atom stereocenters. The Labute approximate surface area is 237 Å². The Hall–Kier alpha value is -4.94. The Kier molecular flexibility index (Phi) is 9.17. The number of nitro benzene ring substituents is 1. The summed E-state index contributed by atoms with van der Waals surface area (Å²) in [7, 11) is -2.47. The van der Waals surface area contributed by atoms with Crippen molar-refractivity contribution in [1.82, 2.24) is 4.72 Å². The van der Waals surface area contributed by atoms with Crippen LogP contribution < -0.4 is 25.2 Å². The second-order valence-electron chi connectivity index (χ2n) is 8.98. The quantitative estimate of drug-likeness (QED) is 0.0776. The van der Waals surface area contributed by atoms with Gasteiger partial charge in [0, 0.05) is 29.9 Å². The molecule has 0 aliphatic heterocycles. The van der Waals surface area contributed by atoms with Gasteiger partial charge in [-0.3, -0.25) is 15.5 Å². The molecule has 1 atom stereocenters. The van der Waals surface area contributed by atoms with Crippen LogP contribution in [0.3, 0.4) is 0 Å². The molecule has 12 heteroatoms. The number of non-ortho nitro benzene ring substituents is 1. The number of nitrogen functional groups attached to an aromatic ring is 1. The predicted molar refractivity (Wildman–Crippen MR) is 156 cm³/mol. The maximum Gasteiger partial charge on any atom is 0.269 e. The van der Waals surface area contributed by atoms with E-state index >= 15 is 0 Å². The predicted octanol–water partition coefficient (Wildman–Crippen LogP) is 4.60. The molecule has 0 saturated heterocycles. The number of nitrogens with one attached hydrogen (secondary N) is 3. The number of nitrogens with zero attached hydrogens (tertiary/aromatic N) is 1. The van der Waals surface area contributed by atoms with Gasteiger partial charge in [-0.15, -0.1) is 0 Å². The van der Waals surface area contributed by atoms with E-state index in [2.05, 4.69) is 10.0 Å². The van der Waals surface area contributed by atoms with Crippen LogP contribution in [0.4, 0.5) is 11.4 Å². The van der Waals surface area contributed by atoms with Crippen LogP contribution in [0.1, 0.15) is 22.7 Å². The number of ether oxygens (including phenoxy) is 2. The number of nitro groups is 1. The molecule has 0 fully saturated rings. The van der Waals surface area contributed by atoms with Crippen LogP contribution in [0.25, 0.3) is 0 Å². The lowest BCUT2D eigenvalue weighted by molar-refractivity contribution is -0.384. The van der Waals surface area contributed by atoms with Crippen molar-refractivity contribution in [3.8, 4) is 11.5 Å². The van der Waals surface area contributed by atoms with Gasteiger partial charge in [0.05, 0.1) is 23.0 Å². The number of rotatable bonds is 13. The Morgan fingerprint density at radius 1 is 0.976 bits per heavy atom. The van der Waals surface area contributed by atoms with Gasteiger partial charge in [0.25, 0.3) is 5.69 Å². The van der Waals surface area contributed by atoms with Crippen LogP contribution in [0.2, 0.25) is 0 Å². The third-order valence-electron chi connectivity index (χ3n) is 6.20. The van der Waals surface area contributed by atoms with E-state index in [0.29, 0.717) is 34.9 Å². The second-order valence-corrected chi connectivity index (χ2v) is 10.7. The molecule has 11 nitrogen and oxygen atoms in total. The molecule has 4 aromatic rings. The lowest BCUT2D eigenvalue weighted by atomic mass is 10.1. The van der Waals surface area contributed by atoms with E-state index in [1.54, 1.807) is 36.4 Å². The van der Waals surface area contributed by atoms with Gasteiger partial charge in [-0.05, 0) is 59.7 Å². The minimum Gasteiger partial charge on any atom is -0.493 e. The first-order valence-corrected chi connectivity index (χ1v) is 13.9. The van der Waals surface area contributed by atoms with Gasteiger partial charge < -0.3 is 20.5 Å². The standard InChI is InChI=1S/C29H29N5O6S/c1-39-28-17-22(9-16-27(28)40-19-20-5-3-2-4-6-20)26(33-23-10-7-21(8-11-23)29(30)31)18-32-41(37,38)25-14-12-24(13-15-25)34(35)36/h2-17,26,32-33H,18-19H2,1H3,(H3,30,31). The SMILES string of the molecule is COc1cc(C(CNS(=O)(=O)c2ccc([N+](=O)[O-])cc2)Nc2ccc(C(=N)N)cc2)ccc1OCc1ccccc1. The summed E-state index contributed by atoms with van der Waals surface area (Å²) in [6.07, 6.45) is 0. The number of nitrogens with two attached hydrogens (primary N) is 1. The van der Waals surface area contributed by atoms with Gasteiger partial charge in [-0.1, -0.05) is 36.4 Å². The summed E-state index contributed by atoms with van der Waals surface area (Å²) in [4.78, 5) is 10.3. The number of amidine groups is 1. The summed E-state index contributed by atoms with van der Waals surface area (Å²) in [5.74, 6) is 0.922. The Bertz CT molecular complexity index is 1610. The monoisotopic (exact) mass is 575 g/mol. The van der Waals surface area contributed by atoms with Crippen molar-refractivity contribution >= 4 is 27.2 Å². The molecular formula is C29H29N5O6S. The van der Waals surface area contributed by atoms with Gasteiger partial charge in [-0.2, -0.15) is 0 Å². The van der Waals surface area contributed by atoms with E-state index in [-0.39, 0.29) is 23.0 Å². The molecule has 0 spiro atoms. The molecule has 212 valence electrons. The highest BCUT2D eigenvalue weighted by Crippen LogP contribution is 2.32. The minimum atomic E-state index is -3.99. The fourth-order valence-corrected chi connectivity index (χ4v) is 5.03. The van der Waals surface area contributed by atoms with Crippen LogP contribution in [-0.4, -0.2) is 32.8 Å². The summed E-state index contributed by atoms with van der Waals surface area (Å²) in [6, 6.07) is 26.0. The molecule has 0 saturated carbocycles. The topological polar surface area (TPSA) is 170 Å². The summed E-state index contributed by atoms with van der Waals surface area (Å²) < 4.78 is 40.2. The Morgan fingerprint density at radius 3 is 2.27 bits per heavy atom. The van der Waals surface area contributed by atoms with Crippen LogP contribution in [-0.2, 0) is 16.6 Å². The van der Waals surface area contributed by atoms with Crippen molar-refractivity contribution in [2.45, 2.75) is 17.5 Å². The maximum atomic E-state index is 13.0. The third kappa shape index (κ3) is 7.59. The van der Waals surface area contributed by atoms with Gasteiger partial charge in [0.15, 0.2) is 11.5 Å². The molecule has 5 N–H and O–H groups in total. The van der Waals surface area contributed by atoms with Crippen molar-refractivity contribution in [2.75, 3.05) is 19.0 Å². The summed E-state index contributed by atoms with van der Waals surface area (Å²) in [5.41, 5.74) is 8.27. The summed E-state index contributed by atoms with van der Waals surface area (Å²) in [5, 5.41) is 21.9. The summed E-state index contributed by atoms with van der Waals surface area (Å²) in [6.45, 7) is 0.275. The zero-order chi connectivity index (χ0) is 29.4. The molecule has 4 aromatic carbocycles. The van der Waals surface area contributed by atoms with Crippen LogP contribution in [0.5, 0.6) is 11.5 Å². The highest BCUT2D eigenvalue weighted by molar-refractivity contribution is 7.89. The lowest BCUT2D eigenvalue weighted by Gasteiger charge is -2.22. The minimum absolute atomic E-state index is 0.0683. The second kappa shape index (κ2) is 12.9. The number of hydrogen-bond donors (Lipinski definition) is 4. The number of sulfonamides is 1. The normalized spacial score (nSPS) is 11.8. The zero-order valence-electron chi connectivity index (χ0n) is 22.1. The Morgan fingerprint density at radius 2 is 1.66 bits per heavy atom. The lowest BCUT2D eigenvalue weighted by Crippen LogP contribution is -2.31. The van der Waals surface area contributed by atoms with E-state index < -0.39 is 21.0 Å². The molecule has 4 rings (SSSR count). The fraction of sp³-hybridized carbons (Fsp3) is 0.138.